The van der Waals surface area contributed by atoms with Gasteiger partial charge in [0.25, 0.3) is 5.78 Å². The lowest BCUT2D eigenvalue weighted by molar-refractivity contribution is 0.627. The highest BCUT2D eigenvalue weighted by molar-refractivity contribution is 6.29. The molecule has 1 aromatic carbocycles. The molecule has 5 nitrogen and oxygen atoms in total. The summed E-state index contributed by atoms with van der Waals surface area (Å²) >= 11 is 5.94. The van der Waals surface area contributed by atoms with E-state index in [1.54, 1.807) is 36.2 Å². The lowest BCUT2D eigenvalue weighted by Gasteiger charge is -2.20. The van der Waals surface area contributed by atoms with Crippen molar-refractivity contribution in [2.45, 2.75) is 0 Å². The zero-order valence-corrected chi connectivity index (χ0v) is 10.7. The molecule has 0 saturated carbocycles. The topological polar surface area (TPSA) is 46.3 Å². The van der Waals surface area contributed by atoms with Gasteiger partial charge in [-0.1, -0.05) is 23.7 Å². The Labute approximate surface area is 113 Å². The lowest BCUT2D eigenvalue weighted by atomic mass is 10.3. The molecule has 0 unspecified atom stereocenters. The van der Waals surface area contributed by atoms with E-state index in [1.807, 2.05) is 0 Å². The Kier molecular flexibility index (Phi) is 2.79. The maximum absolute atomic E-state index is 13.8. The zero-order valence-electron chi connectivity index (χ0n) is 9.96. The summed E-state index contributed by atoms with van der Waals surface area (Å²) in [6.45, 7) is 0. The minimum atomic E-state index is -0.328. The molecule has 7 heteroatoms. The summed E-state index contributed by atoms with van der Waals surface area (Å²) in [6.07, 6.45) is 1.37. The van der Waals surface area contributed by atoms with E-state index in [0.717, 1.165) is 0 Å². The minimum absolute atomic E-state index is 0.277. The number of anilines is 2. The van der Waals surface area contributed by atoms with E-state index in [4.69, 9.17) is 11.6 Å². The highest BCUT2D eigenvalue weighted by Gasteiger charge is 2.14. The monoisotopic (exact) mass is 277 g/mol. The second-order valence-electron chi connectivity index (χ2n) is 3.92. The molecule has 2 heterocycles. The number of halogens is 2. The van der Waals surface area contributed by atoms with Crippen molar-refractivity contribution in [1.29, 1.82) is 0 Å². The first-order valence-corrected chi connectivity index (χ1v) is 5.89. The largest absolute Gasteiger partial charge is 0.327 e. The standard InChI is InChI=1S/C12H9ClFN5/c1-18(9-5-3-2-4-8(9)14)11-6-10(13)17-12-15-7-16-19(11)12/h2-7H,1H3. The number of nitrogens with zero attached hydrogens (tertiary/aromatic N) is 5. The first-order valence-electron chi connectivity index (χ1n) is 5.51. The van der Waals surface area contributed by atoms with Crippen LogP contribution in [-0.2, 0) is 0 Å². The van der Waals surface area contributed by atoms with Crippen LogP contribution in [0.2, 0.25) is 5.15 Å². The van der Waals surface area contributed by atoms with Gasteiger partial charge >= 0.3 is 0 Å². The number of hydrogen-bond donors (Lipinski definition) is 0. The molecule has 96 valence electrons. The van der Waals surface area contributed by atoms with Crippen LogP contribution in [0.3, 0.4) is 0 Å². The molecule has 0 spiro atoms. The molecule has 3 rings (SSSR count). The van der Waals surface area contributed by atoms with Gasteiger partial charge in [0.1, 0.15) is 23.1 Å². The molecule has 0 aliphatic rings. The van der Waals surface area contributed by atoms with Gasteiger partial charge in [0.2, 0.25) is 0 Å². The molecule has 0 amide bonds. The number of rotatable bonds is 2. The number of benzene rings is 1. The second-order valence-corrected chi connectivity index (χ2v) is 4.31. The molecule has 2 aromatic heterocycles. The third-order valence-corrected chi connectivity index (χ3v) is 2.95. The first-order chi connectivity index (χ1) is 9.16. The predicted octanol–water partition coefficient (Wildman–Crippen LogP) is 2.68. The van der Waals surface area contributed by atoms with Crippen LogP contribution < -0.4 is 4.90 Å². The Morgan fingerprint density at radius 2 is 2.11 bits per heavy atom. The summed E-state index contributed by atoms with van der Waals surface area (Å²) < 4.78 is 15.3. The van der Waals surface area contributed by atoms with E-state index in [-0.39, 0.29) is 11.0 Å². The van der Waals surface area contributed by atoms with E-state index in [0.29, 0.717) is 17.3 Å². The molecule has 0 aliphatic carbocycles. The summed E-state index contributed by atoms with van der Waals surface area (Å²) in [7, 11) is 1.73. The fourth-order valence-corrected chi connectivity index (χ4v) is 2.03. The van der Waals surface area contributed by atoms with Crippen LogP contribution in [0.5, 0.6) is 0 Å². The maximum Gasteiger partial charge on any atom is 0.255 e. The van der Waals surface area contributed by atoms with Gasteiger partial charge in [0.15, 0.2) is 0 Å². The van der Waals surface area contributed by atoms with Crippen molar-refractivity contribution in [3.8, 4) is 0 Å². The van der Waals surface area contributed by atoms with Crippen molar-refractivity contribution < 1.29 is 4.39 Å². The molecule has 0 aliphatic heterocycles. The van der Waals surface area contributed by atoms with Gasteiger partial charge in [0, 0.05) is 13.1 Å². The normalized spacial score (nSPS) is 10.9. The van der Waals surface area contributed by atoms with Crippen molar-refractivity contribution in [3.05, 3.63) is 47.6 Å². The predicted molar refractivity (Wildman–Crippen MR) is 70.3 cm³/mol. The van der Waals surface area contributed by atoms with Gasteiger partial charge in [-0.25, -0.2) is 4.39 Å². The second kappa shape index (κ2) is 4.47. The van der Waals surface area contributed by atoms with Crippen molar-refractivity contribution in [1.82, 2.24) is 19.6 Å². The number of para-hydroxylation sites is 1. The van der Waals surface area contributed by atoms with Gasteiger partial charge in [0.05, 0.1) is 5.69 Å². The molecule has 0 N–H and O–H groups in total. The Balaban J connectivity index is 2.19. The van der Waals surface area contributed by atoms with E-state index >= 15 is 0 Å². The average Bonchev–Trinajstić information content (AvgIpc) is 2.85. The summed E-state index contributed by atoms with van der Waals surface area (Å²) in [5, 5.41) is 4.33. The maximum atomic E-state index is 13.8. The van der Waals surface area contributed by atoms with E-state index in [9.17, 15) is 4.39 Å². The van der Waals surface area contributed by atoms with Crippen molar-refractivity contribution in [2.75, 3.05) is 11.9 Å². The average molecular weight is 278 g/mol. The number of hydrogen-bond acceptors (Lipinski definition) is 4. The summed E-state index contributed by atoms with van der Waals surface area (Å²) in [4.78, 5) is 9.65. The van der Waals surface area contributed by atoms with Crippen LogP contribution in [0.1, 0.15) is 0 Å². The Bertz CT molecular complexity index is 742. The highest BCUT2D eigenvalue weighted by Crippen LogP contribution is 2.27. The Hall–Kier alpha value is -2.21. The van der Waals surface area contributed by atoms with E-state index in [2.05, 4.69) is 15.1 Å². The molecule has 0 bridgehead atoms. The molecule has 0 saturated heterocycles. The minimum Gasteiger partial charge on any atom is -0.327 e. The Morgan fingerprint density at radius 1 is 1.32 bits per heavy atom. The summed E-state index contributed by atoms with van der Waals surface area (Å²) in [5.74, 6) is 0.620. The fraction of sp³-hybridized carbons (Fsp3) is 0.0833. The smallest absolute Gasteiger partial charge is 0.255 e. The first kappa shape index (κ1) is 11.9. The molecule has 0 fully saturated rings. The van der Waals surface area contributed by atoms with Gasteiger partial charge in [-0.15, -0.1) is 0 Å². The summed E-state index contributed by atoms with van der Waals surface area (Å²) in [6, 6.07) is 8.07. The quantitative estimate of drug-likeness (QED) is 0.676. The third-order valence-electron chi connectivity index (χ3n) is 2.76. The van der Waals surface area contributed by atoms with Crippen LogP contribution in [0.4, 0.5) is 15.9 Å². The third kappa shape index (κ3) is 2.00. The van der Waals surface area contributed by atoms with E-state index < -0.39 is 0 Å². The lowest BCUT2D eigenvalue weighted by Crippen LogP contribution is -2.15. The SMILES string of the molecule is CN(c1ccccc1F)c1cc(Cl)nc2ncnn12. The molecular weight excluding hydrogens is 269 g/mol. The van der Waals surface area contributed by atoms with Crippen molar-refractivity contribution in [3.63, 3.8) is 0 Å². The van der Waals surface area contributed by atoms with Crippen molar-refractivity contribution in [2.24, 2.45) is 0 Å². The summed E-state index contributed by atoms with van der Waals surface area (Å²) in [5.41, 5.74) is 0.418. The fourth-order valence-electron chi connectivity index (χ4n) is 1.85. The van der Waals surface area contributed by atoms with Crippen LogP contribution in [0.25, 0.3) is 5.78 Å². The van der Waals surface area contributed by atoms with Crippen LogP contribution in [0, 0.1) is 5.82 Å². The van der Waals surface area contributed by atoms with Crippen molar-refractivity contribution >= 4 is 28.9 Å². The van der Waals surface area contributed by atoms with Crippen LogP contribution in [0.15, 0.2) is 36.7 Å². The van der Waals surface area contributed by atoms with Crippen LogP contribution in [-0.4, -0.2) is 26.6 Å². The number of aromatic nitrogens is 4. The van der Waals surface area contributed by atoms with E-state index in [1.165, 1.54) is 16.9 Å². The van der Waals surface area contributed by atoms with Gasteiger partial charge in [-0.2, -0.15) is 19.6 Å². The van der Waals surface area contributed by atoms with Crippen LogP contribution >= 0.6 is 11.6 Å². The van der Waals surface area contributed by atoms with Gasteiger partial charge in [-0.05, 0) is 12.1 Å². The molecule has 19 heavy (non-hydrogen) atoms. The van der Waals surface area contributed by atoms with Gasteiger partial charge < -0.3 is 4.90 Å². The molecule has 0 radical (unpaired) electrons. The molecule has 0 atom stereocenters. The molecular formula is C12H9ClFN5. The zero-order chi connectivity index (χ0) is 13.4. The van der Waals surface area contributed by atoms with Gasteiger partial charge in [-0.3, -0.25) is 0 Å². The number of fused-ring (bicyclic) bond motifs is 1. The highest BCUT2D eigenvalue weighted by atomic mass is 35.5. The Morgan fingerprint density at radius 3 is 2.89 bits per heavy atom. The molecule has 3 aromatic rings.